The van der Waals surface area contributed by atoms with Crippen molar-refractivity contribution in [1.82, 2.24) is 0 Å². The molecule has 0 amide bonds. The summed E-state index contributed by atoms with van der Waals surface area (Å²) in [6.07, 6.45) is 2.55. The molecule has 90 valence electrons. The second-order valence-corrected chi connectivity index (χ2v) is 4.36. The van der Waals surface area contributed by atoms with E-state index in [-0.39, 0.29) is 18.5 Å². The van der Waals surface area contributed by atoms with Crippen LogP contribution >= 0.6 is 0 Å². The number of aliphatic hydroxyl groups excluding tert-OH is 1. The van der Waals surface area contributed by atoms with Crippen LogP contribution in [0.4, 0.5) is 0 Å². The predicted molar refractivity (Wildman–Crippen MR) is 64.4 cm³/mol. The van der Waals surface area contributed by atoms with Crippen molar-refractivity contribution in [2.24, 2.45) is 5.92 Å². The van der Waals surface area contributed by atoms with E-state index < -0.39 is 5.41 Å². The van der Waals surface area contributed by atoms with Crippen LogP contribution in [-0.2, 0) is 21.6 Å². The number of benzene rings is 1. The van der Waals surface area contributed by atoms with E-state index in [9.17, 15) is 4.79 Å². The van der Waals surface area contributed by atoms with Crippen molar-refractivity contribution in [1.29, 1.82) is 0 Å². The molecule has 1 aliphatic carbocycles. The normalized spacial score (nSPS) is 26.4. The van der Waals surface area contributed by atoms with E-state index in [1.54, 1.807) is 6.08 Å². The summed E-state index contributed by atoms with van der Waals surface area (Å²) in [5.74, 6) is -0.0610. The first-order valence-electron chi connectivity index (χ1n) is 5.60. The molecule has 17 heavy (non-hydrogen) atoms. The van der Waals surface area contributed by atoms with Gasteiger partial charge >= 0.3 is 5.97 Å². The Morgan fingerprint density at radius 2 is 2.24 bits per heavy atom. The first kappa shape index (κ1) is 11.9. The lowest BCUT2D eigenvalue weighted by Gasteiger charge is -2.14. The maximum Gasteiger partial charge on any atom is 0.316 e. The highest BCUT2D eigenvalue weighted by atomic mass is 16.5. The minimum Gasteiger partial charge on any atom is -0.468 e. The Morgan fingerprint density at radius 3 is 2.65 bits per heavy atom. The fourth-order valence-corrected chi connectivity index (χ4v) is 2.35. The first-order chi connectivity index (χ1) is 8.18. The molecule has 0 saturated heterocycles. The fraction of sp³-hybridized carbons (Fsp3) is 0.357. The molecule has 0 heterocycles. The van der Waals surface area contributed by atoms with Gasteiger partial charge in [-0.1, -0.05) is 30.3 Å². The predicted octanol–water partition coefficient (Wildman–Crippen LogP) is 1.80. The number of aliphatic hydroxyl groups is 1. The maximum absolute atomic E-state index is 11.9. The number of hydrogen-bond donors (Lipinski definition) is 1. The summed E-state index contributed by atoms with van der Waals surface area (Å²) in [7, 11) is 1.41. The molecule has 3 nitrogen and oxygen atoms in total. The van der Waals surface area contributed by atoms with Gasteiger partial charge < -0.3 is 9.84 Å². The Bertz CT molecular complexity index is 435. The Labute approximate surface area is 101 Å². The average molecular weight is 232 g/mol. The van der Waals surface area contributed by atoms with Crippen molar-refractivity contribution in [3.63, 3.8) is 0 Å². The summed E-state index contributed by atoms with van der Waals surface area (Å²) in [6, 6.07) is 7.43. The third-order valence-corrected chi connectivity index (χ3v) is 3.50. The second kappa shape index (κ2) is 4.34. The molecular formula is C14H16O3. The van der Waals surface area contributed by atoms with Crippen LogP contribution in [0.1, 0.15) is 17.5 Å². The summed E-state index contributed by atoms with van der Waals surface area (Å²) in [6.45, 7) is 3.76. The van der Waals surface area contributed by atoms with Gasteiger partial charge in [0.25, 0.3) is 0 Å². The highest BCUT2D eigenvalue weighted by Gasteiger charge is 2.60. The van der Waals surface area contributed by atoms with Gasteiger partial charge in [0.05, 0.1) is 19.1 Å². The molecule has 0 radical (unpaired) electrons. The molecule has 2 atom stereocenters. The molecule has 1 N–H and O–H groups in total. The van der Waals surface area contributed by atoms with Crippen LogP contribution in [0.2, 0.25) is 0 Å². The third-order valence-electron chi connectivity index (χ3n) is 3.50. The minimum absolute atomic E-state index is 0.0103. The number of methoxy groups -OCH3 is 1. The lowest BCUT2D eigenvalue weighted by molar-refractivity contribution is -0.144. The molecule has 1 fully saturated rings. The minimum atomic E-state index is -0.551. The topological polar surface area (TPSA) is 46.5 Å². The molecule has 2 rings (SSSR count). The van der Waals surface area contributed by atoms with E-state index in [4.69, 9.17) is 9.84 Å². The van der Waals surface area contributed by atoms with E-state index in [0.717, 1.165) is 17.5 Å². The Kier molecular flexibility index (Phi) is 3.03. The Morgan fingerprint density at radius 1 is 1.59 bits per heavy atom. The zero-order valence-electron chi connectivity index (χ0n) is 9.85. The van der Waals surface area contributed by atoms with Crippen LogP contribution in [0.5, 0.6) is 0 Å². The van der Waals surface area contributed by atoms with Gasteiger partial charge in [-0.25, -0.2) is 0 Å². The molecular weight excluding hydrogens is 216 g/mol. The van der Waals surface area contributed by atoms with Crippen LogP contribution in [0.15, 0.2) is 36.9 Å². The smallest absolute Gasteiger partial charge is 0.316 e. The molecule has 1 saturated carbocycles. The molecule has 2 unspecified atom stereocenters. The van der Waals surface area contributed by atoms with Crippen LogP contribution in [-0.4, -0.2) is 18.2 Å². The molecule has 1 aromatic carbocycles. The van der Waals surface area contributed by atoms with Crippen molar-refractivity contribution in [3.05, 3.63) is 48.0 Å². The van der Waals surface area contributed by atoms with Gasteiger partial charge in [0.1, 0.15) is 0 Å². The van der Waals surface area contributed by atoms with E-state index in [1.165, 1.54) is 7.11 Å². The number of hydrogen-bond acceptors (Lipinski definition) is 3. The first-order valence-corrected chi connectivity index (χ1v) is 5.60. The van der Waals surface area contributed by atoms with Gasteiger partial charge in [-0.3, -0.25) is 4.79 Å². The summed E-state index contributed by atoms with van der Waals surface area (Å²) in [5.41, 5.74) is 1.22. The Balaban J connectivity index is 2.34. The zero-order valence-corrected chi connectivity index (χ0v) is 9.85. The van der Waals surface area contributed by atoms with Gasteiger partial charge in [-0.2, -0.15) is 0 Å². The van der Waals surface area contributed by atoms with Gasteiger partial charge in [0.2, 0.25) is 0 Å². The molecule has 0 spiro atoms. The highest BCUT2D eigenvalue weighted by molar-refractivity contribution is 5.88. The fourth-order valence-electron chi connectivity index (χ4n) is 2.35. The van der Waals surface area contributed by atoms with Gasteiger partial charge in [-0.05, 0) is 23.5 Å². The maximum atomic E-state index is 11.9. The van der Waals surface area contributed by atoms with Crippen molar-refractivity contribution in [3.8, 4) is 0 Å². The van der Waals surface area contributed by atoms with Crippen molar-refractivity contribution < 1.29 is 14.6 Å². The SMILES string of the molecule is C=CC1CC1(C(=O)OC)c1ccc(CO)cc1. The molecule has 0 bridgehead atoms. The average Bonchev–Trinajstić information content (AvgIpc) is 3.13. The zero-order chi connectivity index (χ0) is 12.5. The van der Waals surface area contributed by atoms with Crippen molar-refractivity contribution >= 4 is 5.97 Å². The molecule has 0 aliphatic heterocycles. The number of carbonyl (C=O) groups excluding carboxylic acids is 1. The summed E-state index contributed by atoms with van der Waals surface area (Å²) >= 11 is 0. The van der Waals surface area contributed by atoms with Crippen molar-refractivity contribution in [2.45, 2.75) is 18.4 Å². The van der Waals surface area contributed by atoms with E-state index in [2.05, 4.69) is 6.58 Å². The van der Waals surface area contributed by atoms with E-state index in [0.29, 0.717) is 0 Å². The van der Waals surface area contributed by atoms with Crippen LogP contribution < -0.4 is 0 Å². The molecule has 1 aliphatic rings. The number of ether oxygens (including phenoxy) is 1. The lowest BCUT2D eigenvalue weighted by atomic mass is 9.92. The van der Waals surface area contributed by atoms with Gasteiger partial charge in [0, 0.05) is 0 Å². The second-order valence-electron chi connectivity index (χ2n) is 4.36. The lowest BCUT2D eigenvalue weighted by Crippen LogP contribution is -2.24. The van der Waals surface area contributed by atoms with Gasteiger partial charge in [-0.15, -0.1) is 6.58 Å². The highest BCUT2D eigenvalue weighted by Crippen LogP contribution is 2.55. The number of allylic oxidation sites excluding steroid dienone is 1. The number of rotatable bonds is 4. The molecule has 0 aromatic heterocycles. The number of carbonyl (C=O) groups is 1. The summed E-state index contributed by atoms with van der Waals surface area (Å²) in [4.78, 5) is 11.9. The number of esters is 1. The van der Waals surface area contributed by atoms with E-state index >= 15 is 0 Å². The van der Waals surface area contributed by atoms with Crippen LogP contribution in [0.3, 0.4) is 0 Å². The Hall–Kier alpha value is -1.61. The molecule has 3 heteroatoms. The van der Waals surface area contributed by atoms with Gasteiger partial charge in [0.15, 0.2) is 0 Å². The van der Waals surface area contributed by atoms with E-state index in [1.807, 2.05) is 24.3 Å². The van der Waals surface area contributed by atoms with Crippen LogP contribution in [0.25, 0.3) is 0 Å². The largest absolute Gasteiger partial charge is 0.468 e. The monoisotopic (exact) mass is 232 g/mol. The molecule has 1 aromatic rings. The van der Waals surface area contributed by atoms with Crippen LogP contribution in [0, 0.1) is 5.92 Å². The quantitative estimate of drug-likeness (QED) is 0.636. The van der Waals surface area contributed by atoms with Crippen molar-refractivity contribution in [2.75, 3.05) is 7.11 Å². The summed E-state index contributed by atoms with van der Waals surface area (Å²) in [5, 5.41) is 8.99. The standard InChI is InChI=1S/C14H16O3/c1-3-11-8-14(11,13(16)17-2)12-6-4-10(9-15)5-7-12/h3-7,11,15H,1,8-9H2,2H3. The third kappa shape index (κ3) is 1.76. The summed E-state index contributed by atoms with van der Waals surface area (Å²) < 4.78 is 4.88.